The lowest BCUT2D eigenvalue weighted by molar-refractivity contribution is 0.489. The Morgan fingerprint density at radius 3 is 2.65 bits per heavy atom. The van der Waals surface area contributed by atoms with Gasteiger partial charge in [-0.15, -0.1) is 0 Å². The molecule has 0 amide bonds. The topological polar surface area (TPSA) is 26.0 Å². The lowest BCUT2D eigenvalue weighted by Crippen LogP contribution is -1.87. The number of hydrogen-bond donors (Lipinski definition) is 0. The first kappa shape index (κ1) is 13.7. The van der Waals surface area contributed by atoms with Crippen LogP contribution in [0.25, 0.3) is 11.1 Å². The molecule has 20 heavy (non-hydrogen) atoms. The highest BCUT2D eigenvalue weighted by atomic mass is 35.5. The van der Waals surface area contributed by atoms with Crippen molar-refractivity contribution in [2.75, 3.05) is 0 Å². The van der Waals surface area contributed by atoms with Gasteiger partial charge in [-0.3, -0.25) is 0 Å². The molecule has 0 radical (unpaired) electrons. The molecule has 3 rings (SSSR count). The van der Waals surface area contributed by atoms with Crippen molar-refractivity contribution in [2.24, 2.45) is 0 Å². The van der Waals surface area contributed by atoms with E-state index in [0.29, 0.717) is 37.7 Å². The lowest BCUT2D eigenvalue weighted by atomic mass is 10.2. The van der Waals surface area contributed by atoms with Crippen LogP contribution in [0.1, 0.15) is 5.56 Å². The van der Waals surface area contributed by atoms with Crippen molar-refractivity contribution in [3.63, 3.8) is 0 Å². The van der Waals surface area contributed by atoms with Crippen LogP contribution in [-0.2, 0) is 5.75 Å². The molecule has 0 aliphatic heterocycles. The van der Waals surface area contributed by atoms with Crippen LogP contribution in [0.2, 0.25) is 10.0 Å². The first-order valence-electron chi connectivity index (χ1n) is 5.74. The van der Waals surface area contributed by atoms with Gasteiger partial charge in [-0.2, -0.15) is 0 Å². The van der Waals surface area contributed by atoms with Crippen molar-refractivity contribution < 1.29 is 8.81 Å². The Morgan fingerprint density at radius 1 is 1.10 bits per heavy atom. The van der Waals surface area contributed by atoms with Crippen LogP contribution in [0.5, 0.6) is 0 Å². The second kappa shape index (κ2) is 5.64. The standard InChI is InChI=1S/C14H8Cl2FNOS/c15-9-2-1-8(11(17)5-9)7-20-14-18-12-6-10(16)3-4-13(12)19-14/h1-6H,7H2. The fourth-order valence-electron chi connectivity index (χ4n) is 1.72. The summed E-state index contributed by atoms with van der Waals surface area (Å²) in [6, 6.07) is 9.84. The second-order valence-corrected chi connectivity index (χ2v) is 5.92. The summed E-state index contributed by atoms with van der Waals surface area (Å²) >= 11 is 12.9. The van der Waals surface area contributed by atoms with E-state index in [0.717, 1.165) is 0 Å². The number of fused-ring (bicyclic) bond motifs is 1. The fraction of sp³-hybridized carbons (Fsp3) is 0.0714. The number of halogens is 3. The molecule has 1 heterocycles. The minimum atomic E-state index is -0.329. The van der Waals surface area contributed by atoms with Gasteiger partial charge in [0.15, 0.2) is 5.58 Å². The number of benzene rings is 2. The average molecular weight is 328 g/mol. The maximum absolute atomic E-state index is 13.6. The van der Waals surface area contributed by atoms with Gasteiger partial charge in [0.25, 0.3) is 5.22 Å². The van der Waals surface area contributed by atoms with Crippen molar-refractivity contribution in [1.29, 1.82) is 0 Å². The molecule has 0 saturated carbocycles. The van der Waals surface area contributed by atoms with Crippen LogP contribution < -0.4 is 0 Å². The quantitative estimate of drug-likeness (QED) is 0.588. The number of aromatic nitrogens is 1. The van der Waals surface area contributed by atoms with Crippen LogP contribution in [0.15, 0.2) is 46.0 Å². The molecule has 2 nitrogen and oxygen atoms in total. The van der Waals surface area contributed by atoms with E-state index in [1.165, 1.54) is 17.8 Å². The summed E-state index contributed by atoms with van der Waals surface area (Å²) in [4.78, 5) is 4.30. The number of rotatable bonds is 3. The van der Waals surface area contributed by atoms with Gasteiger partial charge >= 0.3 is 0 Å². The second-order valence-electron chi connectivity index (χ2n) is 4.12. The summed E-state index contributed by atoms with van der Waals surface area (Å²) < 4.78 is 19.2. The van der Waals surface area contributed by atoms with Crippen molar-refractivity contribution in [2.45, 2.75) is 11.0 Å². The SMILES string of the molecule is Fc1cc(Cl)ccc1CSc1nc2cc(Cl)ccc2o1. The first-order valence-corrected chi connectivity index (χ1v) is 7.49. The Labute approximate surface area is 128 Å². The predicted molar refractivity (Wildman–Crippen MR) is 80.0 cm³/mol. The van der Waals surface area contributed by atoms with Crippen molar-refractivity contribution in [3.05, 3.63) is 57.8 Å². The summed E-state index contributed by atoms with van der Waals surface area (Å²) in [6.07, 6.45) is 0. The lowest BCUT2D eigenvalue weighted by Gasteiger charge is -2.00. The van der Waals surface area contributed by atoms with E-state index >= 15 is 0 Å². The van der Waals surface area contributed by atoms with Gasteiger partial charge in [0.2, 0.25) is 0 Å². The zero-order valence-electron chi connectivity index (χ0n) is 10.1. The highest BCUT2D eigenvalue weighted by molar-refractivity contribution is 7.98. The Kier molecular flexibility index (Phi) is 3.87. The molecule has 0 aliphatic rings. The highest BCUT2D eigenvalue weighted by Gasteiger charge is 2.09. The fourth-order valence-corrected chi connectivity index (χ4v) is 2.87. The average Bonchev–Trinajstić information content (AvgIpc) is 2.79. The largest absolute Gasteiger partial charge is 0.431 e. The van der Waals surface area contributed by atoms with Crippen LogP contribution in [-0.4, -0.2) is 4.98 Å². The molecule has 0 N–H and O–H groups in total. The van der Waals surface area contributed by atoms with E-state index in [-0.39, 0.29) is 5.82 Å². The van der Waals surface area contributed by atoms with Gasteiger partial charge in [0, 0.05) is 15.8 Å². The number of thioether (sulfide) groups is 1. The Hall–Kier alpha value is -1.23. The van der Waals surface area contributed by atoms with Gasteiger partial charge in [-0.05, 0) is 35.9 Å². The zero-order chi connectivity index (χ0) is 14.1. The van der Waals surface area contributed by atoms with Gasteiger partial charge in [-0.1, -0.05) is 41.0 Å². The van der Waals surface area contributed by atoms with E-state index in [9.17, 15) is 4.39 Å². The molecule has 3 aromatic rings. The molecule has 102 valence electrons. The molecule has 0 atom stereocenters. The molecule has 0 unspecified atom stereocenters. The minimum absolute atomic E-state index is 0.329. The monoisotopic (exact) mass is 327 g/mol. The van der Waals surface area contributed by atoms with E-state index < -0.39 is 0 Å². The summed E-state index contributed by atoms with van der Waals surface area (Å²) in [5.41, 5.74) is 1.91. The van der Waals surface area contributed by atoms with E-state index in [1.807, 2.05) is 0 Å². The predicted octanol–water partition coefficient (Wildman–Crippen LogP) is 5.57. The van der Waals surface area contributed by atoms with Gasteiger partial charge in [-0.25, -0.2) is 9.37 Å². The summed E-state index contributed by atoms with van der Waals surface area (Å²) in [7, 11) is 0. The molecule has 0 saturated heterocycles. The number of hydrogen-bond acceptors (Lipinski definition) is 3. The van der Waals surface area contributed by atoms with Crippen LogP contribution >= 0.6 is 35.0 Å². The molecular weight excluding hydrogens is 320 g/mol. The van der Waals surface area contributed by atoms with Gasteiger partial charge in [0.1, 0.15) is 11.3 Å². The van der Waals surface area contributed by atoms with Gasteiger partial charge < -0.3 is 4.42 Å². The van der Waals surface area contributed by atoms with Crippen LogP contribution in [0.4, 0.5) is 4.39 Å². The summed E-state index contributed by atoms with van der Waals surface area (Å²) in [5, 5.41) is 1.47. The Morgan fingerprint density at radius 2 is 1.85 bits per heavy atom. The smallest absolute Gasteiger partial charge is 0.257 e. The maximum Gasteiger partial charge on any atom is 0.257 e. The first-order chi connectivity index (χ1) is 9.61. The van der Waals surface area contributed by atoms with Crippen LogP contribution in [0, 0.1) is 5.82 Å². The van der Waals surface area contributed by atoms with Gasteiger partial charge in [0.05, 0.1) is 0 Å². The third-order valence-electron chi connectivity index (χ3n) is 2.70. The Balaban J connectivity index is 1.79. The molecule has 0 spiro atoms. The molecule has 2 aromatic carbocycles. The molecular formula is C14H8Cl2FNOS. The summed E-state index contributed by atoms with van der Waals surface area (Å²) in [6.45, 7) is 0. The molecule has 6 heteroatoms. The van der Waals surface area contributed by atoms with Crippen molar-refractivity contribution in [3.8, 4) is 0 Å². The maximum atomic E-state index is 13.6. The third kappa shape index (κ3) is 2.92. The summed E-state index contributed by atoms with van der Waals surface area (Å²) in [5.74, 6) is 0.0907. The molecule has 0 aliphatic carbocycles. The van der Waals surface area contributed by atoms with Crippen molar-refractivity contribution in [1.82, 2.24) is 4.98 Å². The highest BCUT2D eigenvalue weighted by Crippen LogP contribution is 2.28. The number of nitrogens with zero attached hydrogens (tertiary/aromatic N) is 1. The van der Waals surface area contributed by atoms with E-state index in [2.05, 4.69) is 4.98 Å². The minimum Gasteiger partial charge on any atom is -0.431 e. The van der Waals surface area contributed by atoms with Crippen LogP contribution in [0.3, 0.4) is 0 Å². The van der Waals surface area contributed by atoms with Crippen molar-refractivity contribution >= 4 is 46.1 Å². The third-order valence-corrected chi connectivity index (χ3v) is 4.04. The van der Waals surface area contributed by atoms with E-state index in [1.54, 1.807) is 30.3 Å². The normalized spacial score (nSPS) is 11.2. The zero-order valence-corrected chi connectivity index (χ0v) is 12.4. The number of oxazole rings is 1. The molecule has 0 bridgehead atoms. The molecule has 1 aromatic heterocycles. The van der Waals surface area contributed by atoms with E-state index in [4.69, 9.17) is 27.6 Å². The molecule has 0 fully saturated rings. The Bertz CT molecular complexity index is 775.